The molecule has 0 fully saturated rings. The minimum Gasteiger partial charge on any atom is -0.293 e. The molecular weight excluding hydrogens is 106 g/mol. The van der Waals surface area contributed by atoms with Crippen molar-refractivity contribution in [3.05, 3.63) is 12.4 Å². The molecular formula is C3H9N5. The molecule has 0 aromatic rings. The molecule has 0 rings (SSSR count). The third-order valence-electron chi connectivity index (χ3n) is 0.437. The van der Waals surface area contributed by atoms with E-state index < -0.39 is 0 Å². The summed E-state index contributed by atoms with van der Waals surface area (Å²) in [5, 5.41) is 3.30. The van der Waals surface area contributed by atoms with Gasteiger partial charge in [0.15, 0.2) is 0 Å². The molecule has 5 nitrogen and oxygen atoms in total. The third-order valence-corrected chi connectivity index (χ3v) is 0.437. The number of hydrazone groups is 1. The number of nitrogens with zero attached hydrogens (tertiary/aromatic N) is 1. The van der Waals surface area contributed by atoms with Gasteiger partial charge in [0.25, 0.3) is 0 Å². The second kappa shape index (κ2) is 4.10. The van der Waals surface area contributed by atoms with E-state index in [1.54, 1.807) is 0 Å². The van der Waals surface area contributed by atoms with Gasteiger partial charge in [0.2, 0.25) is 0 Å². The summed E-state index contributed by atoms with van der Waals surface area (Å²) in [4.78, 5) is 0. The van der Waals surface area contributed by atoms with Crippen LogP contribution in [0.1, 0.15) is 0 Å². The molecule has 0 aromatic heterocycles. The number of hydrogen-bond donors (Lipinski definition) is 4. The lowest BCUT2D eigenvalue weighted by molar-refractivity contribution is 0.590. The van der Waals surface area contributed by atoms with Gasteiger partial charge in [-0.3, -0.25) is 16.7 Å². The molecule has 0 amide bonds. The Balaban J connectivity index is 3.18. The van der Waals surface area contributed by atoms with E-state index in [1.807, 2.05) is 0 Å². The summed E-state index contributed by atoms with van der Waals surface area (Å²) in [6, 6.07) is 0. The fourth-order valence-corrected chi connectivity index (χ4v) is 0.210. The minimum absolute atomic E-state index is 0.447. The van der Waals surface area contributed by atoms with Crippen LogP contribution in [0.4, 0.5) is 0 Å². The van der Waals surface area contributed by atoms with E-state index in [0.29, 0.717) is 5.82 Å². The van der Waals surface area contributed by atoms with Crippen molar-refractivity contribution in [3.8, 4) is 0 Å². The molecule has 0 bridgehead atoms. The largest absolute Gasteiger partial charge is 0.293 e. The smallest absolute Gasteiger partial charge is 0.127 e. The zero-order valence-corrected chi connectivity index (χ0v) is 4.44. The molecule has 5 heteroatoms. The van der Waals surface area contributed by atoms with E-state index in [0.717, 1.165) is 0 Å². The number of hydrogen-bond acceptors (Lipinski definition) is 5. The molecule has 46 valence electrons. The maximum Gasteiger partial charge on any atom is 0.127 e. The minimum atomic E-state index is 0.447. The second-order valence-electron chi connectivity index (χ2n) is 1.02. The van der Waals surface area contributed by atoms with E-state index in [4.69, 9.17) is 5.84 Å². The first kappa shape index (κ1) is 6.93. The normalized spacial score (nSPS) is 7.62. The Kier molecular flexibility index (Phi) is 3.55. The number of nitrogens with two attached hydrogens (primary N) is 1. The van der Waals surface area contributed by atoms with Crippen LogP contribution < -0.4 is 22.2 Å². The first-order valence-corrected chi connectivity index (χ1v) is 1.93. The van der Waals surface area contributed by atoms with Crippen LogP contribution >= 0.6 is 0 Å². The fourth-order valence-electron chi connectivity index (χ4n) is 0.210. The van der Waals surface area contributed by atoms with E-state index in [2.05, 4.69) is 34.8 Å². The highest BCUT2D eigenvalue weighted by atomic mass is 15.6. The molecule has 0 saturated carbocycles. The molecule has 0 atom stereocenters. The maximum absolute atomic E-state index is 4.84. The molecule has 0 aromatic carbocycles. The van der Waals surface area contributed by atoms with E-state index >= 15 is 0 Å². The molecule has 0 aliphatic carbocycles. The summed E-state index contributed by atoms with van der Waals surface area (Å²) in [6.07, 6.45) is 0. The summed E-state index contributed by atoms with van der Waals surface area (Å²) in [5.74, 6) is 5.28. The maximum atomic E-state index is 4.84. The van der Waals surface area contributed by atoms with Gasteiger partial charge < -0.3 is 0 Å². The predicted octanol–water partition coefficient (Wildman–Crippen LogP) is -1.37. The van der Waals surface area contributed by atoms with E-state index in [-0.39, 0.29) is 0 Å². The quantitative estimate of drug-likeness (QED) is 0.207. The SMILES string of the molecule is C=NNC(=C)NNN. The molecule has 0 aliphatic heterocycles. The van der Waals surface area contributed by atoms with Crippen LogP contribution in [0.5, 0.6) is 0 Å². The van der Waals surface area contributed by atoms with Crippen molar-refractivity contribution in [2.75, 3.05) is 0 Å². The summed E-state index contributed by atoms with van der Waals surface area (Å²) < 4.78 is 0. The zero-order valence-electron chi connectivity index (χ0n) is 4.44. The predicted molar refractivity (Wildman–Crippen MR) is 32.3 cm³/mol. The first-order valence-electron chi connectivity index (χ1n) is 1.93. The lowest BCUT2D eigenvalue weighted by atomic mass is 10.9. The van der Waals surface area contributed by atoms with Crippen LogP contribution in [0.3, 0.4) is 0 Å². The Morgan fingerprint density at radius 2 is 2.25 bits per heavy atom. The highest BCUT2D eigenvalue weighted by Gasteiger charge is 1.79. The molecule has 0 heterocycles. The Bertz CT molecular complexity index is 87.7. The summed E-state index contributed by atoms with van der Waals surface area (Å²) in [7, 11) is 0. The van der Waals surface area contributed by atoms with Crippen LogP contribution in [-0.2, 0) is 0 Å². The molecule has 5 N–H and O–H groups in total. The molecule has 8 heavy (non-hydrogen) atoms. The Morgan fingerprint density at radius 3 is 2.62 bits per heavy atom. The Hall–Kier alpha value is -1.07. The van der Waals surface area contributed by atoms with Gasteiger partial charge in [-0.2, -0.15) is 10.6 Å². The van der Waals surface area contributed by atoms with Crippen LogP contribution in [0.25, 0.3) is 0 Å². The highest BCUT2D eigenvalue weighted by Crippen LogP contribution is 1.67. The fraction of sp³-hybridized carbons (Fsp3) is 0. The van der Waals surface area contributed by atoms with Crippen molar-refractivity contribution in [1.82, 2.24) is 16.4 Å². The van der Waals surface area contributed by atoms with Crippen LogP contribution in [-0.4, -0.2) is 6.72 Å². The molecule has 0 unspecified atom stereocenters. The summed E-state index contributed by atoms with van der Waals surface area (Å²) in [5.41, 5.74) is 7.00. The number of rotatable bonds is 4. The average molecular weight is 115 g/mol. The van der Waals surface area contributed by atoms with Crippen molar-refractivity contribution in [2.45, 2.75) is 0 Å². The van der Waals surface area contributed by atoms with Gasteiger partial charge in [0.1, 0.15) is 5.82 Å². The Labute approximate surface area is 47.6 Å². The topological polar surface area (TPSA) is 74.5 Å². The summed E-state index contributed by atoms with van der Waals surface area (Å²) >= 11 is 0. The molecule has 0 spiro atoms. The Morgan fingerprint density at radius 1 is 1.62 bits per heavy atom. The van der Waals surface area contributed by atoms with Gasteiger partial charge in [-0.15, -0.1) is 0 Å². The van der Waals surface area contributed by atoms with Crippen molar-refractivity contribution in [1.29, 1.82) is 0 Å². The number of hydrazine groups is 2. The molecule has 0 aliphatic rings. The first-order chi connectivity index (χ1) is 3.81. The van der Waals surface area contributed by atoms with Crippen LogP contribution in [0.2, 0.25) is 0 Å². The van der Waals surface area contributed by atoms with Crippen LogP contribution in [0, 0.1) is 0 Å². The molecule has 0 saturated heterocycles. The van der Waals surface area contributed by atoms with E-state index in [1.165, 1.54) is 0 Å². The van der Waals surface area contributed by atoms with Gasteiger partial charge >= 0.3 is 0 Å². The van der Waals surface area contributed by atoms with Crippen molar-refractivity contribution >= 4 is 6.72 Å². The monoisotopic (exact) mass is 115 g/mol. The van der Waals surface area contributed by atoms with Gasteiger partial charge in [-0.1, -0.05) is 6.58 Å². The third kappa shape index (κ3) is 3.13. The van der Waals surface area contributed by atoms with Crippen LogP contribution in [0.15, 0.2) is 17.5 Å². The average Bonchev–Trinajstić information content (AvgIpc) is 1.68. The lowest BCUT2D eigenvalue weighted by Crippen LogP contribution is -2.39. The van der Waals surface area contributed by atoms with Gasteiger partial charge in [0.05, 0.1) is 0 Å². The highest BCUT2D eigenvalue weighted by molar-refractivity contribution is 5.22. The standard InChI is InChI=1S/C3H9N5/c1-3(6-5-2)7-8-4/h6-8H,1-2,4H2. The van der Waals surface area contributed by atoms with E-state index in [9.17, 15) is 0 Å². The molecule has 0 radical (unpaired) electrons. The lowest BCUT2D eigenvalue weighted by Gasteiger charge is -2.03. The van der Waals surface area contributed by atoms with Gasteiger partial charge in [0, 0.05) is 6.72 Å². The van der Waals surface area contributed by atoms with Gasteiger partial charge in [-0.05, 0) is 0 Å². The zero-order chi connectivity index (χ0) is 6.41. The summed E-state index contributed by atoms with van der Waals surface area (Å²) in [6.45, 7) is 6.59. The van der Waals surface area contributed by atoms with Gasteiger partial charge in [-0.25, -0.2) is 0 Å². The van der Waals surface area contributed by atoms with Crippen molar-refractivity contribution in [2.24, 2.45) is 10.9 Å². The van der Waals surface area contributed by atoms with Crippen molar-refractivity contribution in [3.63, 3.8) is 0 Å². The van der Waals surface area contributed by atoms with Crippen molar-refractivity contribution < 1.29 is 0 Å². The number of nitrogens with one attached hydrogen (secondary N) is 3. The second-order valence-corrected chi connectivity index (χ2v) is 1.02.